The van der Waals surface area contributed by atoms with Gasteiger partial charge in [0.15, 0.2) is 0 Å². The van der Waals surface area contributed by atoms with Crippen molar-refractivity contribution in [2.75, 3.05) is 12.4 Å². The third kappa shape index (κ3) is 2.75. The van der Waals surface area contributed by atoms with Gasteiger partial charge in [0.1, 0.15) is 11.5 Å². The quantitative estimate of drug-likeness (QED) is 0.911. The zero-order valence-corrected chi connectivity index (χ0v) is 13.4. The second kappa shape index (κ2) is 5.46. The van der Waals surface area contributed by atoms with E-state index in [9.17, 15) is 0 Å². The first kappa shape index (κ1) is 14.4. The molecule has 1 saturated carbocycles. The largest absolute Gasteiger partial charge is 0.373 e. The van der Waals surface area contributed by atoms with Gasteiger partial charge in [0.05, 0.1) is 0 Å². The van der Waals surface area contributed by atoms with E-state index in [0.29, 0.717) is 0 Å². The molecule has 2 aromatic rings. The highest BCUT2D eigenvalue weighted by Crippen LogP contribution is 2.41. The summed E-state index contributed by atoms with van der Waals surface area (Å²) in [7, 11) is 1.90. The summed E-state index contributed by atoms with van der Waals surface area (Å²) >= 11 is 0. The average Bonchev–Trinajstić information content (AvgIpc) is 3.38. The molecule has 1 aliphatic carbocycles. The van der Waals surface area contributed by atoms with E-state index in [1.807, 2.05) is 25.5 Å². The average molecular weight is 306 g/mol. The maximum absolute atomic E-state index is 6.61. The topological polar surface area (TPSA) is 63.3 Å². The molecule has 1 unspecified atom stereocenters. The molecule has 0 saturated heterocycles. The van der Waals surface area contributed by atoms with E-state index in [-0.39, 0.29) is 0 Å². The molecular weight excluding hydrogens is 284 g/mol. The normalized spacial score (nSPS) is 22.7. The summed E-state index contributed by atoms with van der Waals surface area (Å²) in [5.74, 6) is 1.63. The molecule has 2 aliphatic rings. The molecule has 1 atom stereocenters. The molecule has 1 fully saturated rings. The molecule has 0 bridgehead atoms. The second-order valence-electron chi connectivity index (χ2n) is 6.71. The Morgan fingerprint density at radius 1 is 1.26 bits per heavy atom. The van der Waals surface area contributed by atoms with Crippen LogP contribution in [0, 0.1) is 5.92 Å². The van der Waals surface area contributed by atoms with Crippen molar-refractivity contribution in [3.8, 4) is 11.1 Å². The van der Waals surface area contributed by atoms with Crippen LogP contribution in [0.25, 0.3) is 11.1 Å². The van der Waals surface area contributed by atoms with Crippen molar-refractivity contribution in [2.45, 2.75) is 31.3 Å². The molecule has 1 aromatic carbocycles. The molecule has 3 N–H and O–H groups in total. The van der Waals surface area contributed by atoms with Gasteiger partial charge in [0.25, 0.3) is 0 Å². The highest BCUT2D eigenvalue weighted by Gasteiger charge is 2.36. The lowest BCUT2D eigenvalue weighted by Crippen LogP contribution is -2.43. The number of anilines is 1. The van der Waals surface area contributed by atoms with Gasteiger partial charge in [-0.2, -0.15) is 0 Å². The maximum Gasteiger partial charge on any atom is 0.134 e. The van der Waals surface area contributed by atoms with E-state index in [4.69, 9.17) is 10.7 Å². The second-order valence-corrected chi connectivity index (χ2v) is 6.71. The van der Waals surface area contributed by atoms with Gasteiger partial charge in [-0.3, -0.25) is 4.99 Å². The lowest BCUT2D eigenvalue weighted by Gasteiger charge is -2.31. The summed E-state index contributed by atoms with van der Waals surface area (Å²) < 4.78 is 0. The van der Waals surface area contributed by atoms with Crippen LogP contribution in [-0.4, -0.2) is 23.9 Å². The fraction of sp³-hybridized carbons (Fsp3) is 0.368. The van der Waals surface area contributed by atoms with Gasteiger partial charge in [-0.25, -0.2) is 4.98 Å². The molecule has 1 aliphatic heterocycles. The predicted octanol–water partition coefficient (Wildman–Crippen LogP) is 3.22. The van der Waals surface area contributed by atoms with Crippen molar-refractivity contribution in [2.24, 2.45) is 16.6 Å². The number of nitrogens with zero attached hydrogens (tertiary/aromatic N) is 2. The first-order chi connectivity index (χ1) is 11.2. The smallest absolute Gasteiger partial charge is 0.134 e. The Bertz CT molecular complexity index is 749. The minimum Gasteiger partial charge on any atom is -0.373 e. The minimum absolute atomic E-state index is 0.468. The standard InChI is InChI=1S/C19H22N4/c1-21-18-17-12-23-19(20,9-13-7-8-13)10-15(17)16(11-22-18)14-5-3-2-4-6-14/h2-6,11-13H,7-10,20H2,1H3,(H,21,22). The minimum atomic E-state index is -0.468. The number of fused-ring (bicyclic) bond motifs is 1. The molecule has 0 amide bonds. The Hall–Kier alpha value is -2.20. The highest BCUT2D eigenvalue weighted by molar-refractivity contribution is 5.93. The Labute approximate surface area is 136 Å². The van der Waals surface area contributed by atoms with Gasteiger partial charge in [0, 0.05) is 37.0 Å². The Kier molecular flexibility index (Phi) is 3.42. The van der Waals surface area contributed by atoms with Crippen LogP contribution in [0.5, 0.6) is 0 Å². The SMILES string of the molecule is CNc1ncc(-c2ccccc2)c2c1C=NC(N)(CC1CC1)C2. The van der Waals surface area contributed by atoms with Crippen LogP contribution >= 0.6 is 0 Å². The monoisotopic (exact) mass is 306 g/mol. The van der Waals surface area contributed by atoms with Crippen LogP contribution in [0.2, 0.25) is 0 Å². The Balaban J connectivity index is 1.81. The zero-order chi connectivity index (χ0) is 15.9. The molecular formula is C19H22N4. The van der Waals surface area contributed by atoms with E-state index < -0.39 is 5.66 Å². The Morgan fingerprint density at radius 2 is 2.04 bits per heavy atom. The summed E-state index contributed by atoms with van der Waals surface area (Å²) in [6.07, 6.45) is 8.23. The molecule has 2 heterocycles. The fourth-order valence-corrected chi connectivity index (χ4v) is 3.45. The van der Waals surface area contributed by atoms with Crippen LogP contribution in [0.4, 0.5) is 5.82 Å². The van der Waals surface area contributed by atoms with Gasteiger partial charge in [0.2, 0.25) is 0 Å². The maximum atomic E-state index is 6.61. The summed E-state index contributed by atoms with van der Waals surface area (Å²) in [6, 6.07) is 10.4. The number of aromatic nitrogens is 1. The number of hydrogen-bond acceptors (Lipinski definition) is 4. The van der Waals surface area contributed by atoms with Crippen LogP contribution in [0.3, 0.4) is 0 Å². The lowest BCUT2D eigenvalue weighted by molar-refractivity contribution is 0.384. The molecule has 4 rings (SSSR count). The first-order valence-corrected chi connectivity index (χ1v) is 8.28. The van der Waals surface area contributed by atoms with Gasteiger partial charge < -0.3 is 11.1 Å². The number of nitrogens with two attached hydrogens (primary N) is 1. The van der Waals surface area contributed by atoms with E-state index in [2.05, 4.69) is 34.6 Å². The third-order valence-electron chi connectivity index (χ3n) is 4.82. The number of benzene rings is 1. The molecule has 23 heavy (non-hydrogen) atoms. The van der Waals surface area contributed by atoms with E-state index in [0.717, 1.165) is 35.7 Å². The van der Waals surface area contributed by atoms with Crippen molar-refractivity contribution < 1.29 is 0 Å². The van der Waals surface area contributed by atoms with Crippen LogP contribution in [0.15, 0.2) is 41.5 Å². The van der Waals surface area contributed by atoms with Crippen LogP contribution in [0.1, 0.15) is 30.4 Å². The summed E-state index contributed by atoms with van der Waals surface area (Å²) in [5, 5.41) is 3.17. The third-order valence-corrected chi connectivity index (χ3v) is 4.82. The van der Waals surface area contributed by atoms with Crippen LogP contribution < -0.4 is 11.1 Å². The summed E-state index contributed by atoms with van der Waals surface area (Å²) in [4.78, 5) is 9.26. The molecule has 4 nitrogen and oxygen atoms in total. The highest BCUT2D eigenvalue weighted by atomic mass is 15.0. The zero-order valence-electron chi connectivity index (χ0n) is 13.4. The molecule has 0 radical (unpaired) electrons. The molecule has 4 heteroatoms. The Morgan fingerprint density at radius 3 is 2.74 bits per heavy atom. The molecule has 1 aromatic heterocycles. The number of pyridine rings is 1. The van der Waals surface area contributed by atoms with E-state index >= 15 is 0 Å². The van der Waals surface area contributed by atoms with Gasteiger partial charge >= 0.3 is 0 Å². The van der Waals surface area contributed by atoms with Crippen molar-refractivity contribution in [1.82, 2.24) is 4.98 Å². The van der Waals surface area contributed by atoms with Gasteiger partial charge in [-0.1, -0.05) is 43.2 Å². The van der Waals surface area contributed by atoms with E-state index in [1.54, 1.807) is 0 Å². The number of rotatable bonds is 4. The molecule has 0 spiro atoms. The van der Waals surface area contributed by atoms with Crippen molar-refractivity contribution in [3.05, 3.63) is 47.7 Å². The molecule has 118 valence electrons. The van der Waals surface area contributed by atoms with Crippen molar-refractivity contribution in [3.63, 3.8) is 0 Å². The van der Waals surface area contributed by atoms with Gasteiger partial charge in [-0.05, 0) is 23.5 Å². The van der Waals surface area contributed by atoms with Crippen LogP contribution in [-0.2, 0) is 6.42 Å². The first-order valence-electron chi connectivity index (χ1n) is 8.28. The lowest BCUT2D eigenvalue weighted by atomic mass is 9.86. The summed E-state index contributed by atoms with van der Waals surface area (Å²) in [5.41, 5.74) is 10.8. The number of aliphatic imine (C=N–C) groups is 1. The predicted molar refractivity (Wildman–Crippen MR) is 94.8 cm³/mol. The van der Waals surface area contributed by atoms with E-state index in [1.165, 1.54) is 24.0 Å². The fourth-order valence-electron chi connectivity index (χ4n) is 3.45. The number of hydrogen-bond donors (Lipinski definition) is 2. The van der Waals surface area contributed by atoms with Crippen molar-refractivity contribution in [1.29, 1.82) is 0 Å². The number of nitrogens with one attached hydrogen (secondary N) is 1. The van der Waals surface area contributed by atoms with Crippen molar-refractivity contribution >= 4 is 12.0 Å². The van der Waals surface area contributed by atoms with Gasteiger partial charge in [-0.15, -0.1) is 0 Å². The summed E-state index contributed by atoms with van der Waals surface area (Å²) in [6.45, 7) is 0.